The molecule has 7 heteroatoms. The second-order valence-electron chi connectivity index (χ2n) is 8.86. The molecule has 3 rings (SSSR count). The van der Waals surface area contributed by atoms with Crippen LogP contribution in [0.4, 0.5) is 5.82 Å². The largest absolute Gasteiger partial charge is 0.356 e. The standard InChI is InChI=1S/C22H38N4O2S/c1-4-5-6-7-8-9-16-29(27,28)26-15-12-21-20(17-26)22(24-19(3)23-21)25-13-10-18(2)11-14-25/h18H,4-17H2,1-3H3. The fraction of sp³-hybridized carbons (Fsp3) is 0.818. The minimum Gasteiger partial charge on any atom is -0.356 e. The molecule has 0 radical (unpaired) electrons. The van der Waals surface area contributed by atoms with Gasteiger partial charge in [0.2, 0.25) is 10.0 Å². The Morgan fingerprint density at radius 3 is 2.41 bits per heavy atom. The Hall–Kier alpha value is -1.21. The lowest BCUT2D eigenvalue weighted by atomic mass is 9.98. The number of nitrogens with zero attached hydrogens (tertiary/aromatic N) is 4. The first-order chi connectivity index (χ1) is 13.9. The number of hydrogen-bond acceptors (Lipinski definition) is 5. The summed E-state index contributed by atoms with van der Waals surface area (Å²) in [5, 5.41) is 0. The normalized spacial score (nSPS) is 18.8. The molecule has 2 aliphatic rings. The van der Waals surface area contributed by atoms with Gasteiger partial charge in [0, 0.05) is 38.2 Å². The Morgan fingerprint density at radius 2 is 1.69 bits per heavy atom. The first-order valence-electron chi connectivity index (χ1n) is 11.5. The highest BCUT2D eigenvalue weighted by Crippen LogP contribution is 2.31. The Labute approximate surface area is 177 Å². The molecule has 2 aliphatic heterocycles. The minimum absolute atomic E-state index is 0.262. The summed E-state index contributed by atoms with van der Waals surface area (Å²) in [4.78, 5) is 11.7. The van der Waals surface area contributed by atoms with E-state index in [2.05, 4.69) is 23.7 Å². The van der Waals surface area contributed by atoms with Gasteiger partial charge >= 0.3 is 0 Å². The topological polar surface area (TPSA) is 66.4 Å². The summed E-state index contributed by atoms with van der Waals surface area (Å²) in [5.74, 6) is 2.77. The quantitative estimate of drug-likeness (QED) is 0.561. The molecule has 6 nitrogen and oxygen atoms in total. The molecule has 0 aromatic carbocycles. The van der Waals surface area contributed by atoms with Gasteiger partial charge in [0.1, 0.15) is 11.6 Å². The van der Waals surface area contributed by atoms with E-state index >= 15 is 0 Å². The lowest BCUT2D eigenvalue weighted by molar-refractivity contribution is 0.382. The molecule has 0 bridgehead atoms. The first-order valence-corrected chi connectivity index (χ1v) is 13.1. The number of aromatic nitrogens is 2. The molecular formula is C22H38N4O2S. The maximum Gasteiger partial charge on any atom is 0.214 e. The molecule has 1 fully saturated rings. The number of piperidine rings is 1. The summed E-state index contributed by atoms with van der Waals surface area (Å²) < 4.78 is 27.6. The third kappa shape index (κ3) is 5.91. The molecule has 0 N–H and O–H groups in total. The van der Waals surface area contributed by atoms with Crippen molar-refractivity contribution < 1.29 is 8.42 Å². The number of fused-ring (bicyclic) bond motifs is 1. The number of hydrogen-bond donors (Lipinski definition) is 0. The predicted octanol–water partition coefficient (Wildman–Crippen LogP) is 4.07. The van der Waals surface area contributed by atoms with Gasteiger partial charge in [-0.2, -0.15) is 4.31 Å². The Balaban J connectivity index is 1.67. The highest BCUT2D eigenvalue weighted by atomic mass is 32.2. The SMILES string of the molecule is CCCCCCCCS(=O)(=O)N1CCc2nc(C)nc(N3CCC(C)CC3)c2C1. The highest BCUT2D eigenvalue weighted by molar-refractivity contribution is 7.89. The summed E-state index contributed by atoms with van der Waals surface area (Å²) in [6.07, 6.45) is 9.58. The van der Waals surface area contributed by atoms with Crippen LogP contribution >= 0.6 is 0 Å². The smallest absolute Gasteiger partial charge is 0.214 e. The first kappa shape index (κ1) is 22.5. The molecule has 3 heterocycles. The molecule has 1 aromatic rings. The van der Waals surface area contributed by atoms with Crippen LogP contribution in [0, 0.1) is 12.8 Å². The van der Waals surface area contributed by atoms with E-state index in [1.807, 2.05) is 6.92 Å². The van der Waals surface area contributed by atoms with E-state index in [0.717, 1.165) is 74.0 Å². The fourth-order valence-corrected chi connectivity index (χ4v) is 5.93. The molecule has 164 valence electrons. The van der Waals surface area contributed by atoms with Gasteiger partial charge in [-0.05, 0) is 32.1 Å². The van der Waals surface area contributed by atoms with Crippen LogP contribution in [0.25, 0.3) is 0 Å². The van der Waals surface area contributed by atoms with Crippen molar-refractivity contribution in [3.05, 3.63) is 17.1 Å². The molecule has 0 amide bonds. The van der Waals surface area contributed by atoms with Gasteiger partial charge in [0.05, 0.1) is 11.4 Å². The summed E-state index contributed by atoms with van der Waals surface area (Å²) >= 11 is 0. The van der Waals surface area contributed by atoms with Crippen molar-refractivity contribution in [1.82, 2.24) is 14.3 Å². The van der Waals surface area contributed by atoms with Gasteiger partial charge in [-0.1, -0.05) is 46.0 Å². The maximum atomic E-state index is 13.0. The van der Waals surface area contributed by atoms with Gasteiger partial charge in [-0.15, -0.1) is 0 Å². The molecule has 0 atom stereocenters. The number of aryl methyl sites for hydroxylation is 1. The monoisotopic (exact) mass is 422 g/mol. The zero-order valence-electron chi connectivity index (χ0n) is 18.5. The molecule has 1 saturated heterocycles. The van der Waals surface area contributed by atoms with Gasteiger partial charge < -0.3 is 4.90 Å². The maximum absolute atomic E-state index is 13.0. The van der Waals surface area contributed by atoms with Crippen molar-refractivity contribution in [1.29, 1.82) is 0 Å². The number of unbranched alkanes of at least 4 members (excludes halogenated alkanes) is 5. The van der Waals surface area contributed by atoms with Crippen LogP contribution in [0.2, 0.25) is 0 Å². The molecule has 29 heavy (non-hydrogen) atoms. The van der Waals surface area contributed by atoms with Crippen molar-refractivity contribution >= 4 is 15.8 Å². The summed E-state index contributed by atoms with van der Waals surface area (Å²) in [6.45, 7) is 9.39. The van der Waals surface area contributed by atoms with Crippen molar-refractivity contribution in [2.24, 2.45) is 5.92 Å². The van der Waals surface area contributed by atoms with Crippen molar-refractivity contribution in [2.45, 2.75) is 85.1 Å². The Morgan fingerprint density at radius 1 is 1.00 bits per heavy atom. The van der Waals surface area contributed by atoms with E-state index in [9.17, 15) is 8.42 Å². The molecule has 0 saturated carbocycles. The lowest BCUT2D eigenvalue weighted by Gasteiger charge is -2.35. The number of anilines is 1. The van der Waals surface area contributed by atoms with Crippen LogP contribution in [0.5, 0.6) is 0 Å². The third-order valence-electron chi connectivity index (χ3n) is 6.35. The van der Waals surface area contributed by atoms with Gasteiger partial charge in [-0.3, -0.25) is 0 Å². The summed E-state index contributed by atoms with van der Waals surface area (Å²) in [6, 6.07) is 0. The van der Waals surface area contributed by atoms with E-state index in [1.165, 1.54) is 19.3 Å². The molecule has 0 unspecified atom stereocenters. The van der Waals surface area contributed by atoms with Gasteiger partial charge in [0.25, 0.3) is 0 Å². The van der Waals surface area contributed by atoms with Gasteiger partial charge in [-0.25, -0.2) is 18.4 Å². The van der Waals surface area contributed by atoms with Crippen molar-refractivity contribution in [3.8, 4) is 0 Å². The van der Waals surface area contributed by atoms with Crippen LogP contribution in [-0.2, 0) is 23.0 Å². The molecule has 0 spiro atoms. The van der Waals surface area contributed by atoms with Crippen LogP contribution in [0.1, 0.15) is 82.3 Å². The second-order valence-corrected chi connectivity index (χ2v) is 10.9. The molecule has 1 aromatic heterocycles. The van der Waals surface area contributed by atoms with E-state index in [0.29, 0.717) is 19.5 Å². The average Bonchev–Trinajstić information content (AvgIpc) is 2.70. The third-order valence-corrected chi connectivity index (χ3v) is 8.25. The van der Waals surface area contributed by atoms with Crippen molar-refractivity contribution in [3.63, 3.8) is 0 Å². The van der Waals surface area contributed by atoms with Crippen LogP contribution in [0.3, 0.4) is 0 Å². The highest BCUT2D eigenvalue weighted by Gasteiger charge is 2.31. The van der Waals surface area contributed by atoms with Gasteiger partial charge in [0.15, 0.2) is 0 Å². The Kier molecular flexibility index (Phi) is 7.91. The molecule has 0 aliphatic carbocycles. The second kappa shape index (κ2) is 10.2. The van der Waals surface area contributed by atoms with Crippen LogP contribution in [-0.4, -0.2) is 48.1 Å². The summed E-state index contributed by atoms with van der Waals surface area (Å²) in [5.41, 5.74) is 2.07. The molecular weight excluding hydrogens is 384 g/mol. The fourth-order valence-electron chi connectivity index (χ4n) is 4.41. The van der Waals surface area contributed by atoms with E-state index in [4.69, 9.17) is 4.98 Å². The number of sulfonamides is 1. The summed E-state index contributed by atoms with van der Waals surface area (Å²) in [7, 11) is -3.23. The Bertz CT molecular complexity index is 773. The number of rotatable bonds is 9. The predicted molar refractivity (Wildman–Crippen MR) is 119 cm³/mol. The van der Waals surface area contributed by atoms with E-state index < -0.39 is 10.0 Å². The average molecular weight is 423 g/mol. The van der Waals surface area contributed by atoms with Crippen LogP contribution < -0.4 is 4.90 Å². The van der Waals surface area contributed by atoms with Crippen LogP contribution in [0.15, 0.2) is 0 Å². The van der Waals surface area contributed by atoms with E-state index in [1.54, 1.807) is 4.31 Å². The van der Waals surface area contributed by atoms with Crippen molar-refractivity contribution in [2.75, 3.05) is 30.3 Å². The van der Waals surface area contributed by atoms with E-state index in [-0.39, 0.29) is 5.75 Å². The zero-order valence-corrected chi connectivity index (χ0v) is 19.3. The lowest BCUT2D eigenvalue weighted by Crippen LogP contribution is -2.40. The minimum atomic E-state index is -3.23. The zero-order chi connectivity index (χ0) is 20.9.